The molecule has 0 radical (unpaired) electrons. The molecular weight excluding hydrogens is 306 g/mol. The van der Waals surface area contributed by atoms with Gasteiger partial charge < -0.3 is 5.32 Å². The van der Waals surface area contributed by atoms with Crippen LogP contribution in [0.5, 0.6) is 0 Å². The number of hydrogen-bond acceptors (Lipinski definition) is 3. The Bertz CT molecular complexity index is 822. The van der Waals surface area contributed by atoms with Gasteiger partial charge in [-0.15, -0.1) is 11.3 Å². The zero-order valence-electron chi connectivity index (χ0n) is 12.7. The quantitative estimate of drug-likeness (QED) is 0.797. The predicted octanol–water partition coefficient (Wildman–Crippen LogP) is 3.60. The zero-order valence-corrected chi connectivity index (χ0v) is 13.5. The molecule has 23 heavy (non-hydrogen) atoms. The third-order valence-electron chi connectivity index (χ3n) is 4.08. The first kappa shape index (κ1) is 14.2. The van der Waals surface area contributed by atoms with Crippen LogP contribution in [0, 0.1) is 0 Å². The Hall–Kier alpha value is -2.40. The number of thiophene rings is 1. The summed E-state index contributed by atoms with van der Waals surface area (Å²) in [5.41, 5.74) is 3.28. The van der Waals surface area contributed by atoms with E-state index in [1.807, 2.05) is 52.5 Å². The van der Waals surface area contributed by atoms with Crippen LogP contribution in [0.15, 0.2) is 47.8 Å². The minimum Gasteiger partial charge on any atom is -0.310 e. The van der Waals surface area contributed by atoms with Gasteiger partial charge in [0.25, 0.3) is 0 Å². The van der Waals surface area contributed by atoms with E-state index in [1.54, 1.807) is 11.3 Å². The maximum Gasteiger partial charge on any atom is 0.230 e. The van der Waals surface area contributed by atoms with Gasteiger partial charge in [-0.2, -0.15) is 5.10 Å². The van der Waals surface area contributed by atoms with E-state index in [2.05, 4.69) is 5.32 Å². The molecular formula is C18H17N3OS. The Morgan fingerprint density at radius 2 is 2.04 bits per heavy atom. The smallest absolute Gasteiger partial charge is 0.230 e. The molecule has 2 heterocycles. The summed E-state index contributed by atoms with van der Waals surface area (Å²) in [6, 6.07) is 13.9. The number of nitrogens with zero attached hydrogens (tertiary/aromatic N) is 2. The lowest BCUT2D eigenvalue weighted by Gasteiger charge is -2.10. The molecule has 1 N–H and O–H groups in total. The van der Waals surface area contributed by atoms with E-state index in [1.165, 1.54) is 5.56 Å². The van der Waals surface area contributed by atoms with Crippen molar-refractivity contribution in [1.82, 2.24) is 9.78 Å². The van der Waals surface area contributed by atoms with Crippen molar-refractivity contribution in [2.45, 2.75) is 25.7 Å². The molecule has 0 fully saturated rings. The number of hydrogen-bond donors (Lipinski definition) is 1. The molecule has 5 heteroatoms. The van der Waals surface area contributed by atoms with E-state index in [9.17, 15) is 4.79 Å². The van der Waals surface area contributed by atoms with Crippen LogP contribution in [0.4, 0.5) is 5.82 Å². The van der Waals surface area contributed by atoms with Gasteiger partial charge in [0.2, 0.25) is 5.91 Å². The number of nitrogens with one attached hydrogen (secondary N) is 1. The summed E-state index contributed by atoms with van der Waals surface area (Å²) < 4.78 is 1.87. The Kier molecular flexibility index (Phi) is 3.71. The SMILES string of the molecule is O=C(Cc1cccs1)Nc1c2c(nn1-c1ccccc1)CCC2. The number of benzene rings is 1. The Balaban J connectivity index is 1.65. The Morgan fingerprint density at radius 1 is 1.17 bits per heavy atom. The highest BCUT2D eigenvalue weighted by atomic mass is 32.1. The lowest BCUT2D eigenvalue weighted by molar-refractivity contribution is -0.115. The summed E-state index contributed by atoms with van der Waals surface area (Å²) in [7, 11) is 0. The highest BCUT2D eigenvalue weighted by molar-refractivity contribution is 7.10. The number of carbonyl (C=O) groups excluding carboxylic acids is 1. The van der Waals surface area contributed by atoms with Crippen molar-refractivity contribution >= 4 is 23.1 Å². The normalized spacial score (nSPS) is 13.0. The molecule has 0 unspecified atom stereocenters. The topological polar surface area (TPSA) is 46.9 Å². The number of anilines is 1. The molecule has 0 atom stereocenters. The first-order valence-corrected chi connectivity index (χ1v) is 8.67. The molecule has 0 bridgehead atoms. The largest absolute Gasteiger partial charge is 0.310 e. The number of aryl methyl sites for hydroxylation is 1. The molecule has 1 amide bonds. The van der Waals surface area contributed by atoms with Gasteiger partial charge in [-0.05, 0) is 42.8 Å². The summed E-state index contributed by atoms with van der Waals surface area (Å²) in [6.07, 6.45) is 3.49. The molecule has 0 saturated carbocycles. The fraction of sp³-hybridized carbons (Fsp3) is 0.222. The molecule has 1 aliphatic carbocycles. The molecule has 1 aliphatic rings. The van der Waals surface area contributed by atoms with Gasteiger partial charge in [0, 0.05) is 10.4 Å². The number of carbonyl (C=O) groups is 1. The van der Waals surface area contributed by atoms with Crippen molar-refractivity contribution in [1.29, 1.82) is 0 Å². The van der Waals surface area contributed by atoms with Crippen LogP contribution in [0.3, 0.4) is 0 Å². The molecule has 2 aromatic heterocycles. The maximum atomic E-state index is 12.4. The van der Waals surface area contributed by atoms with Crippen molar-refractivity contribution in [2.24, 2.45) is 0 Å². The Labute approximate surface area is 138 Å². The first-order chi connectivity index (χ1) is 11.3. The summed E-state index contributed by atoms with van der Waals surface area (Å²) in [6.45, 7) is 0. The van der Waals surface area contributed by atoms with E-state index in [0.29, 0.717) is 6.42 Å². The van der Waals surface area contributed by atoms with Crippen LogP contribution in [-0.2, 0) is 24.1 Å². The summed E-state index contributed by atoms with van der Waals surface area (Å²) >= 11 is 1.61. The maximum absolute atomic E-state index is 12.4. The van der Waals surface area contributed by atoms with Gasteiger partial charge in [-0.1, -0.05) is 24.3 Å². The zero-order chi connectivity index (χ0) is 15.6. The van der Waals surface area contributed by atoms with E-state index in [4.69, 9.17) is 5.10 Å². The summed E-state index contributed by atoms with van der Waals surface area (Å²) in [5, 5.41) is 9.81. The highest BCUT2D eigenvalue weighted by Crippen LogP contribution is 2.31. The number of fused-ring (bicyclic) bond motifs is 1. The van der Waals surface area contributed by atoms with Crippen LogP contribution in [0.2, 0.25) is 0 Å². The second-order valence-electron chi connectivity index (χ2n) is 5.68. The van der Waals surface area contributed by atoms with Crippen molar-refractivity contribution < 1.29 is 4.79 Å². The van der Waals surface area contributed by atoms with Crippen LogP contribution in [0.25, 0.3) is 5.69 Å². The number of para-hydroxylation sites is 1. The van der Waals surface area contributed by atoms with Crippen LogP contribution < -0.4 is 5.32 Å². The lowest BCUT2D eigenvalue weighted by Crippen LogP contribution is -2.17. The van der Waals surface area contributed by atoms with Gasteiger partial charge in [-0.25, -0.2) is 4.68 Å². The molecule has 0 saturated heterocycles. The Morgan fingerprint density at radius 3 is 2.83 bits per heavy atom. The van der Waals surface area contributed by atoms with Gasteiger partial charge in [-0.3, -0.25) is 4.79 Å². The minimum absolute atomic E-state index is 0.0132. The van der Waals surface area contributed by atoms with E-state index in [0.717, 1.165) is 41.3 Å². The fourth-order valence-electron chi connectivity index (χ4n) is 3.02. The molecule has 3 aromatic rings. The minimum atomic E-state index is 0.0132. The third-order valence-corrected chi connectivity index (χ3v) is 4.96. The highest BCUT2D eigenvalue weighted by Gasteiger charge is 2.24. The molecule has 4 nitrogen and oxygen atoms in total. The number of amides is 1. The van der Waals surface area contributed by atoms with Crippen molar-refractivity contribution in [3.63, 3.8) is 0 Å². The second kappa shape index (κ2) is 6.01. The standard InChI is InChI=1S/C18H17N3OS/c22-17(12-14-8-5-11-23-14)19-18-15-9-4-10-16(15)20-21(18)13-6-2-1-3-7-13/h1-3,5-8,11H,4,9-10,12H2,(H,19,22). The molecule has 116 valence electrons. The molecule has 1 aromatic carbocycles. The van der Waals surface area contributed by atoms with Gasteiger partial charge in [0.15, 0.2) is 0 Å². The fourth-order valence-corrected chi connectivity index (χ4v) is 3.73. The average Bonchev–Trinajstić information content (AvgIpc) is 3.27. The first-order valence-electron chi connectivity index (χ1n) is 7.80. The second-order valence-corrected chi connectivity index (χ2v) is 6.71. The van der Waals surface area contributed by atoms with Crippen molar-refractivity contribution in [2.75, 3.05) is 5.32 Å². The predicted molar refractivity (Wildman–Crippen MR) is 92.2 cm³/mol. The summed E-state index contributed by atoms with van der Waals surface area (Å²) in [4.78, 5) is 13.5. The van der Waals surface area contributed by atoms with Crippen molar-refractivity contribution in [3.8, 4) is 5.69 Å². The molecule has 0 spiro atoms. The van der Waals surface area contributed by atoms with Crippen LogP contribution in [-0.4, -0.2) is 15.7 Å². The van der Waals surface area contributed by atoms with Crippen LogP contribution in [0.1, 0.15) is 22.6 Å². The van der Waals surface area contributed by atoms with E-state index >= 15 is 0 Å². The van der Waals surface area contributed by atoms with E-state index < -0.39 is 0 Å². The van der Waals surface area contributed by atoms with Gasteiger partial charge in [0.05, 0.1) is 17.8 Å². The summed E-state index contributed by atoms with van der Waals surface area (Å²) in [5.74, 6) is 0.851. The van der Waals surface area contributed by atoms with Crippen LogP contribution >= 0.6 is 11.3 Å². The molecule has 0 aliphatic heterocycles. The third kappa shape index (κ3) is 2.80. The van der Waals surface area contributed by atoms with Gasteiger partial charge in [0.1, 0.15) is 5.82 Å². The lowest BCUT2D eigenvalue weighted by atomic mass is 10.2. The molecule has 4 rings (SSSR count). The van der Waals surface area contributed by atoms with Crippen molar-refractivity contribution in [3.05, 3.63) is 64.0 Å². The average molecular weight is 323 g/mol. The monoisotopic (exact) mass is 323 g/mol. The number of rotatable bonds is 4. The van der Waals surface area contributed by atoms with Gasteiger partial charge >= 0.3 is 0 Å². The van der Waals surface area contributed by atoms with E-state index in [-0.39, 0.29) is 5.91 Å². The number of aromatic nitrogens is 2.